The molecule has 1 heterocycles. The first-order valence-electron chi connectivity index (χ1n) is 9.07. The van der Waals surface area contributed by atoms with E-state index < -0.39 is 0 Å². The molecule has 2 N–H and O–H groups in total. The number of aromatic nitrogens is 1. The molecular formula is C19H31N3O. The second-order valence-corrected chi connectivity index (χ2v) is 6.79. The molecule has 1 saturated carbocycles. The fourth-order valence-electron chi connectivity index (χ4n) is 3.35. The smallest absolute Gasteiger partial charge is 0.163 e. The van der Waals surface area contributed by atoms with Gasteiger partial charge in [-0.05, 0) is 51.2 Å². The van der Waals surface area contributed by atoms with Crippen LogP contribution in [0.1, 0.15) is 74.7 Å². The van der Waals surface area contributed by atoms with Gasteiger partial charge in [-0.25, -0.2) is 4.98 Å². The Bertz CT molecular complexity index is 509. The van der Waals surface area contributed by atoms with Gasteiger partial charge in [0.2, 0.25) is 0 Å². The van der Waals surface area contributed by atoms with Crippen LogP contribution in [-0.4, -0.2) is 29.4 Å². The summed E-state index contributed by atoms with van der Waals surface area (Å²) in [5.41, 5.74) is 1.71. The van der Waals surface area contributed by atoms with Crippen molar-refractivity contribution in [3.05, 3.63) is 23.4 Å². The van der Waals surface area contributed by atoms with E-state index in [1.54, 1.807) is 6.92 Å². The number of hydrogen-bond donors (Lipinski definition) is 2. The summed E-state index contributed by atoms with van der Waals surface area (Å²) in [5.74, 6) is 0.784. The van der Waals surface area contributed by atoms with Gasteiger partial charge >= 0.3 is 0 Å². The Morgan fingerprint density at radius 1 is 1.35 bits per heavy atom. The fraction of sp³-hybridized carbons (Fsp3) is 0.684. The monoisotopic (exact) mass is 317 g/mol. The average Bonchev–Trinajstić information content (AvgIpc) is 2.56. The molecule has 1 aromatic rings. The second kappa shape index (κ2) is 9.02. The summed E-state index contributed by atoms with van der Waals surface area (Å²) in [6.45, 7) is 6.64. The van der Waals surface area contributed by atoms with Crippen molar-refractivity contribution in [1.82, 2.24) is 10.3 Å². The summed E-state index contributed by atoms with van der Waals surface area (Å²) in [5, 5.41) is 7.16. The summed E-state index contributed by atoms with van der Waals surface area (Å²) in [6.07, 6.45) is 10.8. The van der Waals surface area contributed by atoms with E-state index in [2.05, 4.69) is 22.5 Å². The van der Waals surface area contributed by atoms with Crippen molar-refractivity contribution in [3.63, 3.8) is 0 Å². The maximum absolute atomic E-state index is 11.7. The van der Waals surface area contributed by atoms with Gasteiger partial charge in [0, 0.05) is 24.8 Å². The van der Waals surface area contributed by atoms with E-state index in [0.29, 0.717) is 17.6 Å². The molecule has 1 atom stereocenters. The number of anilines is 1. The highest BCUT2D eigenvalue weighted by atomic mass is 16.1. The third-order valence-electron chi connectivity index (χ3n) is 4.76. The Morgan fingerprint density at radius 3 is 2.74 bits per heavy atom. The Balaban J connectivity index is 1.84. The minimum atomic E-state index is 0.0658. The highest BCUT2D eigenvalue weighted by Gasteiger charge is 2.17. The highest BCUT2D eigenvalue weighted by molar-refractivity contribution is 5.98. The first-order chi connectivity index (χ1) is 11.1. The quantitative estimate of drug-likeness (QED) is 0.709. The Hall–Kier alpha value is -1.42. The van der Waals surface area contributed by atoms with E-state index in [1.165, 1.54) is 32.1 Å². The van der Waals surface area contributed by atoms with Crippen LogP contribution in [0.5, 0.6) is 0 Å². The Kier molecular flexibility index (Phi) is 7.03. The number of pyridine rings is 1. The lowest BCUT2D eigenvalue weighted by molar-refractivity contribution is 0.101. The predicted molar refractivity (Wildman–Crippen MR) is 96.2 cm³/mol. The van der Waals surface area contributed by atoms with Gasteiger partial charge in [0.15, 0.2) is 5.78 Å². The van der Waals surface area contributed by atoms with Gasteiger partial charge in [-0.2, -0.15) is 0 Å². The lowest BCUT2D eigenvalue weighted by atomic mass is 9.94. The first kappa shape index (κ1) is 17.9. The summed E-state index contributed by atoms with van der Waals surface area (Å²) in [7, 11) is 0. The molecule has 23 heavy (non-hydrogen) atoms. The Morgan fingerprint density at radius 2 is 2.09 bits per heavy atom. The van der Waals surface area contributed by atoms with E-state index in [4.69, 9.17) is 0 Å². The van der Waals surface area contributed by atoms with Gasteiger partial charge in [-0.15, -0.1) is 0 Å². The Labute approximate surface area is 140 Å². The van der Waals surface area contributed by atoms with Gasteiger partial charge in [0.25, 0.3) is 0 Å². The van der Waals surface area contributed by atoms with Crippen LogP contribution in [-0.2, 0) is 0 Å². The molecular weight excluding hydrogens is 286 g/mol. The van der Waals surface area contributed by atoms with Crippen LogP contribution in [0.3, 0.4) is 0 Å². The van der Waals surface area contributed by atoms with Crippen molar-refractivity contribution in [2.45, 2.75) is 77.8 Å². The molecule has 0 bridgehead atoms. The van der Waals surface area contributed by atoms with Crippen LogP contribution in [0.4, 0.5) is 5.82 Å². The fourth-order valence-corrected chi connectivity index (χ4v) is 3.35. The SMILES string of the molecule is CCC(CCNc1ncc(C)cc1C(C)=O)NC1CCCCC1. The maximum Gasteiger partial charge on any atom is 0.163 e. The molecule has 0 aromatic carbocycles. The number of carbonyl (C=O) groups excluding carboxylic acids is 1. The average molecular weight is 317 g/mol. The first-order valence-corrected chi connectivity index (χ1v) is 9.07. The number of ketones is 1. The van der Waals surface area contributed by atoms with Crippen LogP contribution in [0.15, 0.2) is 12.3 Å². The molecule has 1 aliphatic rings. The topological polar surface area (TPSA) is 54.0 Å². The zero-order chi connectivity index (χ0) is 16.7. The predicted octanol–water partition coefficient (Wildman–Crippen LogP) is 4.10. The van der Waals surface area contributed by atoms with Crippen LogP contribution >= 0.6 is 0 Å². The van der Waals surface area contributed by atoms with Gasteiger partial charge in [0.05, 0.1) is 5.56 Å². The highest BCUT2D eigenvalue weighted by Crippen LogP contribution is 2.19. The maximum atomic E-state index is 11.7. The summed E-state index contributed by atoms with van der Waals surface area (Å²) >= 11 is 0. The van der Waals surface area contributed by atoms with Crippen LogP contribution < -0.4 is 10.6 Å². The molecule has 0 spiro atoms. The molecule has 0 aliphatic heterocycles. The van der Waals surface area contributed by atoms with Crippen molar-refractivity contribution >= 4 is 11.6 Å². The zero-order valence-electron chi connectivity index (χ0n) is 14.8. The largest absolute Gasteiger partial charge is 0.369 e. The van der Waals surface area contributed by atoms with Crippen molar-refractivity contribution in [2.75, 3.05) is 11.9 Å². The van der Waals surface area contributed by atoms with Gasteiger partial charge in [-0.1, -0.05) is 26.2 Å². The summed E-state index contributed by atoms with van der Waals surface area (Å²) in [6, 6.07) is 3.14. The van der Waals surface area contributed by atoms with E-state index in [-0.39, 0.29) is 5.78 Å². The molecule has 1 aromatic heterocycles. The van der Waals surface area contributed by atoms with Gasteiger partial charge < -0.3 is 10.6 Å². The lowest BCUT2D eigenvalue weighted by Gasteiger charge is -2.28. The third kappa shape index (κ3) is 5.61. The van der Waals surface area contributed by atoms with Gasteiger partial charge in [-0.3, -0.25) is 4.79 Å². The molecule has 128 valence electrons. The van der Waals surface area contributed by atoms with Crippen molar-refractivity contribution in [2.24, 2.45) is 0 Å². The summed E-state index contributed by atoms with van der Waals surface area (Å²) < 4.78 is 0. The molecule has 1 unspecified atom stereocenters. The van der Waals surface area contributed by atoms with E-state index >= 15 is 0 Å². The van der Waals surface area contributed by atoms with Crippen LogP contribution in [0, 0.1) is 6.92 Å². The summed E-state index contributed by atoms with van der Waals surface area (Å²) in [4.78, 5) is 16.1. The van der Waals surface area contributed by atoms with Crippen LogP contribution in [0.2, 0.25) is 0 Å². The van der Waals surface area contributed by atoms with Crippen LogP contribution in [0.25, 0.3) is 0 Å². The van der Waals surface area contributed by atoms with Crippen molar-refractivity contribution in [1.29, 1.82) is 0 Å². The molecule has 1 aliphatic carbocycles. The van der Waals surface area contributed by atoms with Gasteiger partial charge in [0.1, 0.15) is 5.82 Å². The van der Waals surface area contributed by atoms with E-state index in [9.17, 15) is 4.79 Å². The molecule has 4 nitrogen and oxygen atoms in total. The minimum Gasteiger partial charge on any atom is -0.369 e. The van der Waals surface area contributed by atoms with Crippen molar-refractivity contribution in [3.8, 4) is 0 Å². The zero-order valence-corrected chi connectivity index (χ0v) is 14.8. The third-order valence-corrected chi connectivity index (χ3v) is 4.76. The van der Waals surface area contributed by atoms with Crippen molar-refractivity contribution < 1.29 is 4.79 Å². The number of hydrogen-bond acceptors (Lipinski definition) is 4. The number of nitrogens with one attached hydrogen (secondary N) is 2. The molecule has 1 fully saturated rings. The van der Waals surface area contributed by atoms with E-state index in [1.807, 2.05) is 19.2 Å². The number of Topliss-reactive ketones (excluding diaryl/α,β-unsaturated/α-hetero) is 1. The molecule has 4 heteroatoms. The number of rotatable bonds is 8. The molecule has 2 rings (SSSR count). The standard InChI is InChI=1S/C19H31N3O/c1-4-16(22-17-8-6-5-7-9-17)10-11-20-19-18(15(3)23)12-14(2)13-21-19/h12-13,16-17,22H,4-11H2,1-3H3,(H,20,21). The minimum absolute atomic E-state index is 0.0658. The number of nitrogens with zero attached hydrogens (tertiary/aromatic N) is 1. The van der Waals surface area contributed by atoms with E-state index in [0.717, 1.165) is 30.8 Å². The second-order valence-electron chi connectivity index (χ2n) is 6.79. The normalized spacial score (nSPS) is 17.0. The number of aryl methyl sites for hydroxylation is 1. The molecule has 0 radical (unpaired) electrons. The lowest BCUT2D eigenvalue weighted by Crippen LogP contribution is -2.40. The molecule has 0 amide bonds. The number of carbonyl (C=O) groups is 1. The molecule has 0 saturated heterocycles.